The Hall–Kier alpha value is -2.66. The summed E-state index contributed by atoms with van der Waals surface area (Å²) < 4.78 is 0. The average Bonchev–Trinajstić information content (AvgIpc) is 3.05. The first-order chi connectivity index (χ1) is 11.2. The molecule has 0 aliphatic rings. The van der Waals surface area contributed by atoms with E-state index in [1.54, 1.807) is 18.3 Å². The van der Waals surface area contributed by atoms with Crippen LogP contribution in [0.2, 0.25) is 0 Å². The van der Waals surface area contributed by atoms with Crippen molar-refractivity contribution in [2.75, 3.05) is 5.32 Å². The van der Waals surface area contributed by atoms with Crippen LogP contribution < -0.4 is 10.6 Å². The van der Waals surface area contributed by atoms with Crippen molar-refractivity contribution in [1.82, 2.24) is 10.3 Å². The van der Waals surface area contributed by atoms with Crippen molar-refractivity contribution in [3.05, 3.63) is 77.3 Å². The highest BCUT2D eigenvalue weighted by atomic mass is 32.1. The average molecular weight is 323 g/mol. The van der Waals surface area contributed by atoms with Gasteiger partial charge in [-0.15, -0.1) is 0 Å². The second-order valence-corrected chi connectivity index (χ2v) is 6.18. The Balaban J connectivity index is 1.64. The summed E-state index contributed by atoms with van der Waals surface area (Å²) in [6.45, 7) is 1.96. The maximum Gasteiger partial charge on any atom is 0.251 e. The summed E-state index contributed by atoms with van der Waals surface area (Å²) in [6, 6.07) is 19.0. The van der Waals surface area contributed by atoms with Crippen LogP contribution in [0.15, 0.2) is 66.9 Å². The van der Waals surface area contributed by atoms with E-state index in [0.29, 0.717) is 5.56 Å². The molecule has 1 heterocycles. The van der Waals surface area contributed by atoms with E-state index in [1.807, 2.05) is 55.5 Å². The quantitative estimate of drug-likeness (QED) is 0.733. The number of carbonyl (C=O) groups is 1. The summed E-state index contributed by atoms with van der Waals surface area (Å²) >= 11 is 1.54. The number of nitrogens with one attached hydrogen (secondary N) is 2. The molecular formula is C18H17N3OS. The number of para-hydroxylation sites is 1. The monoisotopic (exact) mass is 323 g/mol. The number of hydrogen-bond donors (Lipinski definition) is 2. The van der Waals surface area contributed by atoms with Gasteiger partial charge in [-0.25, -0.2) is 4.98 Å². The van der Waals surface area contributed by atoms with Crippen LogP contribution in [-0.4, -0.2) is 10.9 Å². The zero-order valence-corrected chi connectivity index (χ0v) is 13.5. The lowest BCUT2D eigenvalue weighted by atomic mass is 10.2. The first kappa shape index (κ1) is 15.2. The van der Waals surface area contributed by atoms with Gasteiger partial charge in [0.1, 0.15) is 0 Å². The van der Waals surface area contributed by atoms with E-state index < -0.39 is 0 Å². The molecule has 0 fully saturated rings. The van der Waals surface area contributed by atoms with E-state index in [0.717, 1.165) is 15.7 Å². The summed E-state index contributed by atoms with van der Waals surface area (Å²) in [5.74, 6) is -0.0796. The third-order valence-corrected chi connectivity index (χ3v) is 4.45. The van der Waals surface area contributed by atoms with Crippen molar-refractivity contribution in [2.45, 2.75) is 13.0 Å². The van der Waals surface area contributed by atoms with Crippen LogP contribution in [0.25, 0.3) is 0 Å². The highest BCUT2D eigenvalue weighted by molar-refractivity contribution is 7.15. The molecule has 116 valence electrons. The second-order valence-electron chi connectivity index (χ2n) is 5.12. The lowest BCUT2D eigenvalue weighted by molar-refractivity contribution is 0.0940. The second kappa shape index (κ2) is 7.07. The van der Waals surface area contributed by atoms with Crippen LogP contribution in [0.1, 0.15) is 28.2 Å². The van der Waals surface area contributed by atoms with E-state index in [1.165, 1.54) is 11.3 Å². The van der Waals surface area contributed by atoms with Crippen LogP contribution >= 0.6 is 11.3 Å². The van der Waals surface area contributed by atoms with Crippen molar-refractivity contribution in [2.24, 2.45) is 0 Å². The Morgan fingerprint density at radius 1 is 1.04 bits per heavy atom. The van der Waals surface area contributed by atoms with Crippen molar-refractivity contribution in [3.8, 4) is 0 Å². The van der Waals surface area contributed by atoms with E-state index in [9.17, 15) is 4.79 Å². The zero-order chi connectivity index (χ0) is 16.1. The summed E-state index contributed by atoms with van der Waals surface area (Å²) in [7, 11) is 0. The largest absolute Gasteiger partial charge is 0.345 e. The molecule has 3 aromatic rings. The maximum atomic E-state index is 12.2. The fraction of sp³-hybridized carbons (Fsp3) is 0.111. The molecule has 1 atom stereocenters. The van der Waals surface area contributed by atoms with Crippen molar-refractivity contribution < 1.29 is 4.79 Å². The smallest absolute Gasteiger partial charge is 0.251 e. The highest BCUT2D eigenvalue weighted by Crippen LogP contribution is 2.26. The fourth-order valence-corrected chi connectivity index (χ4v) is 2.97. The van der Waals surface area contributed by atoms with Crippen LogP contribution in [-0.2, 0) is 0 Å². The molecular weight excluding hydrogens is 306 g/mol. The third kappa shape index (κ3) is 3.96. The van der Waals surface area contributed by atoms with Gasteiger partial charge in [-0.05, 0) is 31.2 Å². The third-order valence-electron chi connectivity index (χ3n) is 3.36. The summed E-state index contributed by atoms with van der Waals surface area (Å²) in [6.07, 6.45) is 1.80. The molecule has 0 saturated carbocycles. The lowest BCUT2D eigenvalue weighted by Gasteiger charge is -2.11. The molecule has 2 aromatic carbocycles. The topological polar surface area (TPSA) is 54.0 Å². The van der Waals surface area contributed by atoms with Crippen LogP contribution in [0.3, 0.4) is 0 Å². The first-order valence-electron chi connectivity index (χ1n) is 7.36. The molecule has 3 rings (SSSR count). The molecule has 0 bridgehead atoms. The molecule has 1 aromatic heterocycles. The molecule has 23 heavy (non-hydrogen) atoms. The van der Waals surface area contributed by atoms with Crippen molar-refractivity contribution in [1.29, 1.82) is 0 Å². The van der Waals surface area contributed by atoms with Crippen LogP contribution in [0.4, 0.5) is 10.8 Å². The normalized spacial score (nSPS) is 11.7. The predicted molar refractivity (Wildman–Crippen MR) is 94.2 cm³/mol. The van der Waals surface area contributed by atoms with Gasteiger partial charge in [0.25, 0.3) is 5.91 Å². The number of benzene rings is 2. The summed E-state index contributed by atoms with van der Waals surface area (Å²) in [4.78, 5) is 17.6. The number of aromatic nitrogens is 1. The van der Waals surface area contributed by atoms with Crippen molar-refractivity contribution in [3.63, 3.8) is 0 Å². The highest BCUT2D eigenvalue weighted by Gasteiger charge is 2.14. The summed E-state index contributed by atoms with van der Waals surface area (Å²) in [5, 5.41) is 7.06. The molecule has 2 N–H and O–H groups in total. The van der Waals surface area contributed by atoms with Gasteiger partial charge in [0.2, 0.25) is 0 Å². The van der Waals surface area contributed by atoms with Gasteiger partial charge < -0.3 is 10.6 Å². The Morgan fingerprint density at radius 2 is 1.70 bits per heavy atom. The molecule has 0 saturated heterocycles. The Bertz CT molecular complexity index is 771. The predicted octanol–water partition coefficient (Wildman–Crippen LogP) is 4.38. The number of thiazole rings is 1. The van der Waals surface area contributed by atoms with Gasteiger partial charge >= 0.3 is 0 Å². The molecule has 0 spiro atoms. The van der Waals surface area contributed by atoms with Gasteiger partial charge in [0.15, 0.2) is 5.13 Å². The van der Waals surface area contributed by atoms with E-state index >= 15 is 0 Å². The minimum Gasteiger partial charge on any atom is -0.345 e. The number of carbonyl (C=O) groups excluding carboxylic acids is 1. The number of rotatable bonds is 5. The zero-order valence-electron chi connectivity index (χ0n) is 12.7. The molecule has 0 aliphatic heterocycles. The standard InChI is InChI=1S/C18H17N3OS/c1-13(20-17(22)14-8-4-2-5-9-14)16-12-19-18(23-16)21-15-10-6-3-7-11-15/h2-13H,1H3,(H,19,21)(H,20,22). The minimum absolute atomic E-state index is 0.0796. The number of hydrogen-bond acceptors (Lipinski definition) is 4. The minimum atomic E-state index is -0.0912. The van der Waals surface area contributed by atoms with Crippen molar-refractivity contribution >= 4 is 28.1 Å². The Kier molecular flexibility index (Phi) is 4.68. The molecule has 4 nitrogen and oxygen atoms in total. The Morgan fingerprint density at radius 3 is 2.39 bits per heavy atom. The van der Waals surface area contributed by atoms with E-state index in [2.05, 4.69) is 15.6 Å². The SMILES string of the molecule is CC(NC(=O)c1ccccc1)c1cnc(Nc2ccccc2)s1. The molecule has 0 radical (unpaired) electrons. The summed E-state index contributed by atoms with van der Waals surface area (Å²) in [5.41, 5.74) is 1.65. The number of nitrogens with zero attached hydrogens (tertiary/aromatic N) is 1. The van der Waals surface area contributed by atoms with Gasteiger partial charge in [0.05, 0.1) is 6.04 Å². The van der Waals surface area contributed by atoms with Gasteiger partial charge in [0, 0.05) is 22.3 Å². The number of amides is 1. The van der Waals surface area contributed by atoms with E-state index in [4.69, 9.17) is 0 Å². The maximum absolute atomic E-state index is 12.2. The molecule has 5 heteroatoms. The fourth-order valence-electron chi connectivity index (χ4n) is 2.13. The van der Waals surface area contributed by atoms with Crippen LogP contribution in [0.5, 0.6) is 0 Å². The molecule has 0 aliphatic carbocycles. The van der Waals surface area contributed by atoms with Crippen LogP contribution in [0, 0.1) is 0 Å². The van der Waals surface area contributed by atoms with Gasteiger partial charge in [-0.2, -0.15) is 0 Å². The Labute approximate surface area is 139 Å². The molecule has 1 amide bonds. The van der Waals surface area contributed by atoms with Gasteiger partial charge in [-0.1, -0.05) is 47.7 Å². The van der Waals surface area contributed by atoms with Gasteiger partial charge in [-0.3, -0.25) is 4.79 Å². The first-order valence-corrected chi connectivity index (χ1v) is 8.18. The lowest BCUT2D eigenvalue weighted by Crippen LogP contribution is -2.25. The number of anilines is 2. The molecule has 1 unspecified atom stereocenters. The van der Waals surface area contributed by atoms with E-state index in [-0.39, 0.29) is 11.9 Å².